The number of carbonyl (C=O) groups excluding carboxylic acids is 1. The molecule has 23 heavy (non-hydrogen) atoms. The first-order valence-electron chi connectivity index (χ1n) is 6.94. The van der Waals surface area contributed by atoms with Gasteiger partial charge in [-0.15, -0.1) is 22.7 Å². The van der Waals surface area contributed by atoms with Crippen molar-refractivity contribution in [2.75, 3.05) is 5.73 Å². The molecule has 0 saturated carbocycles. The van der Waals surface area contributed by atoms with Crippen LogP contribution in [0.5, 0.6) is 0 Å². The maximum absolute atomic E-state index is 11.6. The van der Waals surface area contributed by atoms with Gasteiger partial charge in [0.2, 0.25) is 0 Å². The number of nitrogens with two attached hydrogens (primary N) is 2. The van der Waals surface area contributed by atoms with Crippen LogP contribution in [0.15, 0.2) is 23.7 Å². The number of pyridine rings is 1. The Labute approximate surface area is 141 Å². The summed E-state index contributed by atoms with van der Waals surface area (Å²) in [4.78, 5) is 17.8. The summed E-state index contributed by atoms with van der Waals surface area (Å²) in [6.07, 6.45) is 1.92. The smallest absolute Gasteiger partial charge is 0.251 e. The number of nitriles is 1. The van der Waals surface area contributed by atoms with Crippen molar-refractivity contribution in [3.05, 3.63) is 34.2 Å². The maximum atomic E-state index is 11.6. The lowest BCUT2D eigenvalue weighted by atomic mass is 10.1. The molecule has 5 nitrogen and oxygen atoms in total. The summed E-state index contributed by atoms with van der Waals surface area (Å²) in [5, 5.41) is 11.6. The van der Waals surface area contributed by atoms with E-state index in [1.54, 1.807) is 11.3 Å². The Morgan fingerprint density at radius 3 is 2.96 bits per heavy atom. The fourth-order valence-electron chi connectivity index (χ4n) is 2.34. The molecule has 3 rings (SSSR count). The van der Waals surface area contributed by atoms with E-state index in [-0.39, 0.29) is 5.92 Å². The molecule has 1 amide bonds. The lowest BCUT2D eigenvalue weighted by Crippen LogP contribution is -2.11. The summed E-state index contributed by atoms with van der Waals surface area (Å²) in [5.74, 6) is 0.0893. The van der Waals surface area contributed by atoms with E-state index in [1.165, 1.54) is 22.4 Å². The third-order valence-corrected chi connectivity index (χ3v) is 6.02. The van der Waals surface area contributed by atoms with E-state index in [4.69, 9.17) is 16.7 Å². The number of fused-ring (bicyclic) bond motifs is 1. The zero-order valence-electron chi connectivity index (χ0n) is 12.4. The van der Waals surface area contributed by atoms with Crippen molar-refractivity contribution < 1.29 is 4.79 Å². The van der Waals surface area contributed by atoms with Crippen LogP contribution in [0.25, 0.3) is 20.5 Å². The number of amides is 1. The van der Waals surface area contributed by atoms with E-state index >= 15 is 0 Å². The van der Waals surface area contributed by atoms with E-state index < -0.39 is 5.91 Å². The summed E-state index contributed by atoms with van der Waals surface area (Å²) in [5.41, 5.74) is 12.8. The number of nitrogen functional groups attached to an aromatic ring is 1. The normalized spacial score (nSPS) is 12.2. The Kier molecular flexibility index (Phi) is 4.03. The van der Waals surface area contributed by atoms with Gasteiger partial charge in [-0.05, 0) is 17.5 Å². The van der Waals surface area contributed by atoms with Gasteiger partial charge < -0.3 is 11.5 Å². The molecule has 0 aliphatic heterocycles. The van der Waals surface area contributed by atoms with E-state index in [0.717, 1.165) is 20.5 Å². The lowest BCUT2D eigenvalue weighted by molar-refractivity contribution is 0.100. The van der Waals surface area contributed by atoms with Crippen molar-refractivity contribution in [2.45, 2.75) is 19.3 Å². The molecule has 3 heterocycles. The minimum Gasteiger partial charge on any atom is -0.383 e. The topological polar surface area (TPSA) is 106 Å². The Morgan fingerprint density at radius 2 is 2.26 bits per heavy atom. The molecule has 0 aliphatic carbocycles. The molecule has 116 valence electrons. The second kappa shape index (κ2) is 5.99. The lowest BCUT2D eigenvalue weighted by Gasteiger charge is -2.01. The van der Waals surface area contributed by atoms with Crippen LogP contribution in [0.2, 0.25) is 0 Å². The average molecular weight is 342 g/mol. The number of anilines is 1. The molecule has 1 unspecified atom stereocenters. The molecule has 0 aliphatic rings. The molecule has 0 saturated heterocycles. The van der Waals surface area contributed by atoms with Gasteiger partial charge in [0.25, 0.3) is 5.91 Å². The summed E-state index contributed by atoms with van der Waals surface area (Å²) < 4.78 is 0.762. The molecule has 3 aromatic heterocycles. The van der Waals surface area contributed by atoms with Gasteiger partial charge in [0, 0.05) is 39.2 Å². The highest BCUT2D eigenvalue weighted by molar-refractivity contribution is 7.23. The van der Waals surface area contributed by atoms with Crippen LogP contribution >= 0.6 is 22.7 Å². The largest absolute Gasteiger partial charge is 0.383 e. The van der Waals surface area contributed by atoms with E-state index in [0.29, 0.717) is 17.8 Å². The van der Waals surface area contributed by atoms with Crippen molar-refractivity contribution in [3.8, 4) is 16.5 Å². The zero-order chi connectivity index (χ0) is 16.6. The molecule has 0 aromatic carbocycles. The number of rotatable bonds is 4. The first-order valence-corrected chi connectivity index (χ1v) is 8.64. The SMILES string of the molecule is CC(CC#N)c1cc(-c2cc3c(N)ncc(C(N)=O)c3s2)cs1. The van der Waals surface area contributed by atoms with E-state index in [9.17, 15) is 4.79 Å². The first-order chi connectivity index (χ1) is 11.0. The van der Waals surface area contributed by atoms with Crippen molar-refractivity contribution >= 4 is 44.5 Å². The molecule has 0 spiro atoms. The Bertz CT molecular complexity index is 935. The highest BCUT2D eigenvalue weighted by Gasteiger charge is 2.16. The molecule has 3 aromatic rings. The number of thiophene rings is 2. The number of aromatic nitrogens is 1. The van der Waals surface area contributed by atoms with Crippen molar-refractivity contribution in [2.24, 2.45) is 5.73 Å². The van der Waals surface area contributed by atoms with Gasteiger partial charge in [0.05, 0.1) is 16.3 Å². The monoisotopic (exact) mass is 342 g/mol. The first kappa shape index (κ1) is 15.5. The van der Waals surface area contributed by atoms with Crippen LogP contribution in [0.1, 0.15) is 34.5 Å². The molecule has 0 radical (unpaired) electrons. The Balaban J connectivity index is 2.08. The Morgan fingerprint density at radius 1 is 1.48 bits per heavy atom. The van der Waals surface area contributed by atoms with Crippen LogP contribution in [0.3, 0.4) is 0 Å². The third-order valence-electron chi connectivity index (χ3n) is 3.64. The van der Waals surface area contributed by atoms with E-state index in [2.05, 4.69) is 22.5 Å². The highest BCUT2D eigenvalue weighted by Crippen LogP contribution is 2.40. The highest BCUT2D eigenvalue weighted by atomic mass is 32.1. The third kappa shape index (κ3) is 2.79. The predicted octanol–water partition coefficient (Wildman–Crippen LogP) is 3.72. The van der Waals surface area contributed by atoms with Gasteiger partial charge in [0.1, 0.15) is 5.82 Å². The molecule has 4 N–H and O–H groups in total. The van der Waals surface area contributed by atoms with Gasteiger partial charge in [0.15, 0.2) is 0 Å². The fourth-order valence-corrected chi connectivity index (χ4v) is 4.55. The standard InChI is InChI=1S/C16H14N4OS2/c1-8(2-3-17)12-4-9(7-22-12)13-5-10-14(23-13)11(16(19)21)6-20-15(10)18/h4-8H,2H2,1H3,(H2,18,20)(H2,19,21). The zero-order valence-corrected chi connectivity index (χ0v) is 14.0. The van der Waals surface area contributed by atoms with Gasteiger partial charge >= 0.3 is 0 Å². The maximum Gasteiger partial charge on any atom is 0.251 e. The van der Waals surface area contributed by atoms with Crippen molar-refractivity contribution in [1.29, 1.82) is 5.26 Å². The molecular weight excluding hydrogens is 328 g/mol. The molecule has 0 fully saturated rings. The predicted molar refractivity (Wildman–Crippen MR) is 94.5 cm³/mol. The molecule has 0 bridgehead atoms. The van der Waals surface area contributed by atoms with Crippen LogP contribution in [0.4, 0.5) is 5.82 Å². The minimum atomic E-state index is -0.510. The van der Waals surface area contributed by atoms with Crippen LogP contribution in [0, 0.1) is 11.3 Å². The fraction of sp³-hybridized carbons (Fsp3) is 0.188. The number of hydrogen-bond acceptors (Lipinski definition) is 6. The Hall–Kier alpha value is -2.43. The van der Waals surface area contributed by atoms with Crippen molar-refractivity contribution in [3.63, 3.8) is 0 Å². The minimum absolute atomic E-state index is 0.209. The van der Waals surface area contributed by atoms with Gasteiger partial charge in [-0.2, -0.15) is 5.26 Å². The van der Waals surface area contributed by atoms with E-state index in [1.807, 2.05) is 13.0 Å². The summed E-state index contributed by atoms with van der Waals surface area (Å²) in [6.45, 7) is 2.04. The van der Waals surface area contributed by atoms with Gasteiger partial charge in [-0.1, -0.05) is 6.92 Å². The van der Waals surface area contributed by atoms with Crippen molar-refractivity contribution in [1.82, 2.24) is 4.98 Å². The van der Waals surface area contributed by atoms with Gasteiger partial charge in [-0.3, -0.25) is 4.79 Å². The van der Waals surface area contributed by atoms with Crippen LogP contribution < -0.4 is 11.5 Å². The average Bonchev–Trinajstić information content (AvgIpc) is 3.14. The summed E-state index contributed by atoms with van der Waals surface area (Å²) >= 11 is 3.11. The summed E-state index contributed by atoms with van der Waals surface area (Å²) in [6, 6.07) is 6.23. The molecular formula is C16H14N4OS2. The second-order valence-corrected chi connectivity index (χ2v) is 7.27. The quantitative estimate of drug-likeness (QED) is 0.753. The number of primary amides is 1. The number of hydrogen-bond donors (Lipinski definition) is 2. The molecule has 1 atom stereocenters. The summed E-state index contributed by atoms with van der Waals surface area (Å²) in [7, 11) is 0. The number of nitrogens with zero attached hydrogens (tertiary/aromatic N) is 2. The van der Waals surface area contributed by atoms with Crippen LogP contribution in [-0.2, 0) is 0 Å². The number of carbonyl (C=O) groups is 1. The van der Waals surface area contributed by atoms with Crippen LogP contribution in [-0.4, -0.2) is 10.9 Å². The second-order valence-electron chi connectivity index (χ2n) is 5.28. The van der Waals surface area contributed by atoms with Gasteiger partial charge in [-0.25, -0.2) is 4.98 Å². The molecule has 7 heteroatoms.